The summed E-state index contributed by atoms with van der Waals surface area (Å²) in [7, 11) is 0. The Kier molecular flexibility index (Phi) is 3.51. The molecule has 3 aliphatic carbocycles. The molecule has 0 bridgehead atoms. The van der Waals surface area contributed by atoms with E-state index in [0.29, 0.717) is 11.2 Å². The monoisotopic (exact) mass is 324 g/mol. The molecule has 4 rings (SSSR count). The zero-order chi connectivity index (χ0) is 15.7. The third-order valence-corrected chi connectivity index (χ3v) is 9.31. The summed E-state index contributed by atoms with van der Waals surface area (Å²) in [6.45, 7) is 4.56. The van der Waals surface area contributed by atoms with Crippen molar-refractivity contribution >= 4 is 11.8 Å². The molecule has 0 aromatic heterocycles. The third kappa shape index (κ3) is 1.93. The van der Waals surface area contributed by atoms with Crippen LogP contribution in [0.5, 0.6) is 0 Å². The highest BCUT2D eigenvalue weighted by atomic mass is 32.2. The molecule has 3 unspecified atom stereocenters. The highest BCUT2D eigenvalue weighted by Gasteiger charge is 2.61. The topological polar surface area (TPSA) is 60.7 Å². The van der Waals surface area contributed by atoms with Crippen molar-refractivity contribution in [2.45, 2.75) is 69.5 Å². The van der Waals surface area contributed by atoms with Crippen LogP contribution in [-0.4, -0.2) is 44.6 Å². The molecule has 8 atom stereocenters. The Balaban J connectivity index is 1.73. The highest BCUT2D eigenvalue weighted by molar-refractivity contribution is 8.00. The number of aliphatic hydroxyl groups excluding tert-OH is 3. The van der Waals surface area contributed by atoms with Gasteiger partial charge in [0, 0.05) is 27.8 Å². The van der Waals surface area contributed by atoms with Crippen molar-refractivity contribution in [2.24, 2.45) is 22.7 Å². The van der Waals surface area contributed by atoms with Crippen molar-refractivity contribution in [3.8, 4) is 0 Å². The molecule has 0 aromatic rings. The minimum Gasteiger partial charge on any atom is -0.393 e. The van der Waals surface area contributed by atoms with Crippen molar-refractivity contribution in [3.05, 3.63) is 11.6 Å². The van der Waals surface area contributed by atoms with Gasteiger partial charge in [-0.2, -0.15) is 11.8 Å². The Labute approximate surface area is 137 Å². The number of aliphatic hydroxyl groups is 3. The van der Waals surface area contributed by atoms with E-state index in [9.17, 15) is 15.3 Å². The summed E-state index contributed by atoms with van der Waals surface area (Å²) in [5.41, 5.74) is 1.35. The molecular weight excluding hydrogens is 296 g/mol. The summed E-state index contributed by atoms with van der Waals surface area (Å²) in [5, 5.41) is 31.7. The molecule has 1 saturated heterocycles. The molecule has 2 saturated carbocycles. The van der Waals surface area contributed by atoms with Crippen molar-refractivity contribution in [1.82, 2.24) is 0 Å². The van der Waals surface area contributed by atoms with E-state index in [2.05, 4.69) is 19.9 Å². The van der Waals surface area contributed by atoms with Crippen LogP contribution in [0.3, 0.4) is 0 Å². The average Bonchev–Trinajstić information content (AvgIpc) is 2.77. The van der Waals surface area contributed by atoms with Crippen molar-refractivity contribution < 1.29 is 15.3 Å². The maximum Gasteiger partial charge on any atom is 0.0765 e. The molecule has 3 N–H and O–H groups in total. The van der Waals surface area contributed by atoms with Gasteiger partial charge >= 0.3 is 0 Å². The molecule has 4 aliphatic rings. The Bertz CT molecular complexity index is 507. The third-order valence-electron chi connectivity index (χ3n) is 7.33. The molecule has 0 amide bonds. The molecule has 3 fully saturated rings. The van der Waals surface area contributed by atoms with E-state index < -0.39 is 6.10 Å². The number of hydrogen-bond acceptors (Lipinski definition) is 4. The molecule has 0 aromatic carbocycles. The van der Waals surface area contributed by atoms with Gasteiger partial charge in [-0.25, -0.2) is 0 Å². The number of rotatable bonds is 0. The fourth-order valence-corrected chi connectivity index (χ4v) is 7.97. The standard InChI is InChI=1S/C18H28O3S/c1-17-6-5-11(19)7-10(17)8-13(20)15-12-3-4-14(21)18(12,2)9-22-16(15)17/h8,11-16,19-21H,3-7,9H2,1-2H3/t11-,12?,13-,14-,15?,16?,17-,18-/m0/s1. The second kappa shape index (κ2) is 4.98. The lowest BCUT2D eigenvalue weighted by Gasteiger charge is -2.58. The smallest absolute Gasteiger partial charge is 0.0765 e. The number of hydrogen-bond donors (Lipinski definition) is 3. The maximum absolute atomic E-state index is 10.8. The Hall–Kier alpha value is -0.0300. The van der Waals surface area contributed by atoms with Gasteiger partial charge in [-0.1, -0.05) is 25.5 Å². The van der Waals surface area contributed by atoms with Crippen LogP contribution < -0.4 is 0 Å². The molecule has 124 valence electrons. The Morgan fingerprint density at radius 1 is 1.14 bits per heavy atom. The lowest BCUT2D eigenvalue weighted by molar-refractivity contribution is -0.0207. The van der Waals surface area contributed by atoms with Crippen molar-refractivity contribution in [3.63, 3.8) is 0 Å². The van der Waals surface area contributed by atoms with Gasteiger partial charge in [0.05, 0.1) is 18.3 Å². The predicted octanol–water partition coefficient (Wildman–Crippen LogP) is 2.35. The first-order valence-electron chi connectivity index (χ1n) is 8.73. The van der Waals surface area contributed by atoms with E-state index in [-0.39, 0.29) is 29.0 Å². The van der Waals surface area contributed by atoms with Crippen molar-refractivity contribution in [1.29, 1.82) is 0 Å². The van der Waals surface area contributed by atoms with Gasteiger partial charge < -0.3 is 15.3 Å². The molecule has 4 heteroatoms. The van der Waals surface area contributed by atoms with Crippen LogP contribution in [0, 0.1) is 22.7 Å². The molecule has 3 nitrogen and oxygen atoms in total. The zero-order valence-corrected chi connectivity index (χ0v) is 14.4. The second-order valence-electron chi connectivity index (χ2n) is 8.51. The van der Waals surface area contributed by atoms with Gasteiger partial charge in [0.2, 0.25) is 0 Å². The van der Waals surface area contributed by atoms with Gasteiger partial charge in [-0.05, 0) is 38.0 Å². The minimum atomic E-state index is -0.416. The minimum absolute atomic E-state index is 0.0390. The largest absolute Gasteiger partial charge is 0.393 e. The van der Waals surface area contributed by atoms with E-state index in [0.717, 1.165) is 37.9 Å². The van der Waals surface area contributed by atoms with Crippen LogP contribution in [0.2, 0.25) is 0 Å². The van der Waals surface area contributed by atoms with Gasteiger partial charge in [-0.3, -0.25) is 0 Å². The second-order valence-corrected chi connectivity index (χ2v) is 9.64. The maximum atomic E-state index is 10.8. The quantitative estimate of drug-likeness (QED) is 0.599. The van der Waals surface area contributed by atoms with E-state index in [1.54, 1.807) is 0 Å². The lowest BCUT2D eigenvalue weighted by Crippen LogP contribution is -2.57. The normalized spacial score (nSPS) is 57.6. The Morgan fingerprint density at radius 3 is 2.68 bits per heavy atom. The predicted molar refractivity (Wildman–Crippen MR) is 88.6 cm³/mol. The molecule has 1 heterocycles. The lowest BCUT2D eigenvalue weighted by atomic mass is 9.57. The summed E-state index contributed by atoms with van der Waals surface area (Å²) in [6.07, 6.45) is 5.72. The van der Waals surface area contributed by atoms with Gasteiger partial charge in [0.1, 0.15) is 0 Å². The SMILES string of the molecule is C[C@]12CC[C@H](O)CC1=C[C@H](O)C1C2SC[C@@]2(C)C1CC[C@@H]2O. The molecule has 1 aliphatic heterocycles. The van der Waals surface area contributed by atoms with Crippen LogP contribution in [0.25, 0.3) is 0 Å². The molecular formula is C18H28O3S. The van der Waals surface area contributed by atoms with Crippen LogP contribution in [0.1, 0.15) is 46.0 Å². The first kappa shape index (κ1) is 15.5. The summed E-state index contributed by atoms with van der Waals surface area (Å²) in [6, 6.07) is 0. The Morgan fingerprint density at radius 2 is 1.91 bits per heavy atom. The fourth-order valence-electron chi connectivity index (χ4n) is 5.81. The van der Waals surface area contributed by atoms with E-state index in [4.69, 9.17) is 0 Å². The van der Waals surface area contributed by atoms with E-state index >= 15 is 0 Å². The van der Waals surface area contributed by atoms with Gasteiger partial charge in [0.25, 0.3) is 0 Å². The summed E-state index contributed by atoms with van der Waals surface area (Å²) in [4.78, 5) is 0. The van der Waals surface area contributed by atoms with Crippen LogP contribution in [0.15, 0.2) is 11.6 Å². The molecule has 0 spiro atoms. The molecule has 22 heavy (non-hydrogen) atoms. The fraction of sp³-hybridized carbons (Fsp3) is 0.889. The first-order chi connectivity index (χ1) is 10.4. The van der Waals surface area contributed by atoms with Crippen molar-refractivity contribution in [2.75, 3.05) is 5.75 Å². The van der Waals surface area contributed by atoms with Crippen LogP contribution in [-0.2, 0) is 0 Å². The van der Waals surface area contributed by atoms with Gasteiger partial charge in [0.15, 0.2) is 0 Å². The summed E-state index contributed by atoms with van der Waals surface area (Å²) in [5.74, 6) is 1.67. The van der Waals surface area contributed by atoms with Gasteiger partial charge in [-0.15, -0.1) is 0 Å². The molecule has 0 radical (unpaired) electrons. The van der Waals surface area contributed by atoms with Crippen LogP contribution in [0.4, 0.5) is 0 Å². The summed E-state index contributed by atoms with van der Waals surface area (Å²) < 4.78 is 0. The highest BCUT2D eigenvalue weighted by Crippen LogP contribution is 2.63. The van der Waals surface area contributed by atoms with E-state index in [1.165, 1.54) is 5.57 Å². The average molecular weight is 324 g/mol. The zero-order valence-electron chi connectivity index (χ0n) is 13.5. The number of fused-ring (bicyclic) bond motifs is 5. The van der Waals surface area contributed by atoms with E-state index in [1.807, 2.05) is 11.8 Å². The summed E-state index contributed by atoms with van der Waals surface area (Å²) >= 11 is 1.97. The first-order valence-corrected chi connectivity index (χ1v) is 9.78. The number of thioether (sulfide) groups is 1. The van der Waals surface area contributed by atoms with Crippen LogP contribution >= 0.6 is 11.8 Å².